The zero-order valence-electron chi connectivity index (χ0n) is 16.0. The molecule has 1 N–H and O–H groups in total. The molecule has 2 aromatic carbocycles. The van der Waals surface area contributed by atoms with Gasteiger partial charge in [0.2, 0.25) is 0 Å². The van der Waals surface area contributed by atoms with Crippen LogP contribution < -0.4 is 19.5 Å². The van der Waals surface area contributed by atoms with Gasteiger partial charge in [-0.2, -0.15) is 0 Å². The quantitative estimate of drug-likeness (QED) is 0.714. The molecule has 1 aliphatic rings. The number of benzene rings is 2. The van der Waals surface area contributed by atoms with Crippen molar-refractivity contribution in [1.29, 1.82) is 0 Å². The van der Waals surface area contributed by atoms with Crippen LogP contribution in [-0.4, -0.2) is 40.2 Å². The summed E-state index contributed by atoms with van der Waals surface area (Å²) in [6, 6.07) is 11.3. The van der Waals surface area contributed by atoms with Crippen molar-refractivity contribution in [3.05, 3.63) is 42.0 Å². The van der Waals surface area contributed by atoms with Gasteiger partial charge < -0.3 is 19.5 Å². The fourth-order valence-electron chi connectivity index (χ4n) is 3.50. The third-order valence-electron chi connectivity index (χ3n) is 5.05. The molecule has 144 valence electrons. The monoisotopic (exact) mass is 369 g/mol. The van der Waals surface area contributed by atoms with E-state index in [0.29, 0.717) is 29.6 Å². The molecule has 0 aliphatic carbocycles. The number of nitrogens with one attached hydrogen (secondary N) is 1. The Morgan fingerprint density at radius 3 is 2.56 bits per heavy atom. The molecule has 1 saturated heterocycles. The van der Waals surface area contributed by atoms with E-state index in [1.165, 1.54) is 12.8 Å². The van der Waals surface area contributed by atoms with E-state index >= 15 is 0 Å². The Hall–Kier alpha value is -2.53. The zero-order chi connectivity index (χ0) is 19.1. The first-order valence-corrected chi connectivity index (χ1v) is 9.40. The first-order chi connectivity index (χ1) is 13.2. The summed E-state index contributed by atoms with van der Waals surface area (Å²) >= 11 is 0. The van der Waals surface area contributed by atoms with Gasteiger partial charge in [0, 0.05) is 6.07 Å². The first kappa shape index (κ1) is 19.2. The molecule has 0 bridgehead atoms. The number of piperidine rings is 1. The minimum Gasteiger partial charge on any atom is -0.497 e. The molecule has 0 aromatic heterocycles. The van der Waals surface area contributed by atoms with Gasteiger partial charge in [0.1, 0.15) is 17.2 Å². The normalized spacial score (nSPS) is 16.6. The molecule has 0 saturated carbocycles. The molecule has 0 amide bonds. The van der Waals surface area contributed by atoms with Crippen LogP contribution in [-0.2, 0) is 0 Å². The SMILES string of the molecule is COc1ccc(-c2cc(OCCC3CCCNC3)cc(OC)c2C=O)cc1. The van der Waals surface area contributed by atoms with Gasteiger partial charge in [-0.25, -0.2) is 0 Å². The zero-order valence-corrected chi connectivity index (χ0v) is 16.0. The van der Waals surface area contributed by atoms with Crippen LogP contribution in [0.4, 0.5) is 0 Å². The number of carbonyl (C=O) groups is 1. The molecule has 1 fully saturated rings. The maximum Gasteiger partial charge on any atom is 0.154 e. The lowest BCUT2D eigenvalue weighted by atomic mass is 9.97. The number of rotatable bonds is 8. The van der Waals surface area contributed by atoms with Crippen LogP contribution in [0.15, 0.2) is 36.4 Å². The smallest absolute Gasteiger partial charge is 0.154 e. The van der Waals surface area contributed by atoms with Crippen molar-refractivity contribution in [2.24, 2.45) is 5.92 Å². The Morgan fingerprint density at radius 1 is 1.11 bits per heavy atom. The van der Waals surface area contributed by atoms with Crippen LogP contribution in [0.5, 0.6) is 17.2 Å². The van der Waals surface area contributed by atoms with Crippen molar-refractivity contribution < 1.29 is 19.0 Å². The fraction of sp³-hybridized carbons (Fsp3) is 0.409. The van der Waals surface area contributed by atoms with Crippen LogP contribution in [0.25, 0.3) is 11.1 Å². The molecule has 1 heterocycles. The van der Waals surface area contributed by atoms with Gasteiger partial charge in [0.25, 0.3) is 0 Å². The average Bonchev–Trinajstić information content (AvgIpc) is 2.74. The maximum atomic E-state index is 11.7. The summed E-state index contributed by atoms with van der Waals surface area (Å²) in [5.74, 6) is 2.67. The molecular formula is C22H27NO4. The number of methoxy groups -OCH3 is 2. The van der Waals surface area contributed by atoms with Gasteiger partial charge in [-0.15, -0.1) is 0 Å². The molecule has 2 aromatic rings. The van der Waals surface area contributed by atoms with Gasteiger partial charge in [0.05, 0.1) is 26.4 Å². The molecular weight excluding hydrogens is 342 g/mol. The highest BCUT2D eigenvalue weighted by molar-refractivity contribution is 5.92. The van der Waals surface area contributed by atoms with Gasteiger partial charge in [0.15, 0.2) is 6.29 Å². The number of ether oxygens (including phenoxy) is 3. The van der Waals surface area contributed by atoms with E-state index in [-0.39, 0.29) is 0 Å². The van der Waals surface area contributed by atoms with Gasteiger partial charge in [-0.05, 0) is 67.6 Å². The average molecular weight is 369 g/mol. The fourth-order valence-corrected chi connectivity index (χ4v) is 3.50. The molecule has 0 spiro atoms. The Kier molecular flexibility index (Phi) is 6.71. The molecule has 5 nitrogen and oxygen atoms in total. The van der Waals surface area contributed by atoms with Gasteiger partial charge >= 0.3 is 0 Å². The van der Waals surface area contributed by atoms with Crippen LogP contribution >= 0.6 is 0 Å². The second kappa shape index (κ2) is 9.42. The van der Waals surface area contributed by atoms with Crippen LogP contribution in [0.2, 0.25) is 0 Å². The summed E-state index contributed by atoms with van der Waals surface area (Å²) in [4.78, 5) is 11.7. The highest BCUT2D eigenvalue weighted by Gasteiger charge is 2.16. The topological polar surface area (TPSA) is 56.8 Å². The molecule has 1 unspecified atom stereocenters. The standard InChI is InChI=1S/C22H27NO4/c1-25-18-7-5-17(6-8-18)20-12-19(13-22(26-2)21(20)15-24)27-11-9-16-4-3-10-23-14-16/h5-8,12-13,15-16,23H,3-4,9-11,14H2,1-2H3. The summed E-state index contributed by atoms with van der Waals surface area (Å²) in [6.45, 7) is 2.83. The van der Waals surface area contributed by atoms with E-state index < -0.39 is 0 Å². The molecule has 0 radical (unpaired) electrons. The predicted octanol–water partition coefficient (Wildman–Crippen LogP) is 3.95. The lowest BCUT2D eigenvalue weighted by Crippen LogP contribution is -2.30. The van der Waals surface area contributed by atoms with E-state index in [0.717, 1.165) is 42.7 Å². The summed E-state index contributed by atoms with van der Waals surface area (Å²) in [5.41, 5.74) is 2.23. The van der Waals surface area contributed by atoms with E-state index in [4.69, 9.17) is 14.2 Å². The summed E-state index contributed by atoms with van der Waals surface area (Å²) in [5, 5.41) is 3.43. The van der Waals surface area contributed by atoms with Crippen molar-refractivity contribution in [3.63, 3.8) is 0 Å². The first-order valence-electron chi connectivity index (χ1n) is 9.40. The number of hydrogen-bond donors (Lipinski definition) is 1. The number of aldehydes is 1. The largest absolute Gasteiger partial charge is 0.497 e. The third kappa shape index (κ3) is 4.80. The Labute approximate surface area is 160 Å². The second-order valence-corrected chi connectivity index (χ2v) is 6.78. The lowest BCUT2D eigenvalue weighted by molar-refractivity contribution is 0.112. The minimum absolute atomic E-state index is 0.520. The van der Waals surface area contributed by atoms with E-state index in [2.05, 4.69) is 5.32 Å². The minimum atomic E-state index is 0.520. The van der Waals surface area contributed by atoms with Crippen LogP contribution in [0.1, 0.15) is 29.6 Å². The summed E-state index contributed by atoms with van der Waals surface area (Å²) in [6.07, 6.45) is 4.33. The van der Waals surface area contributed by atoms with Crippen LogP contribution in [0.3, 0.4) is 0 Å². The highest BCUT2D eigenvalue weighted by Crippen LogP contribution is 2.35. The van der Waals surface area contributed by atoms with Gasteiger partial charge in [-0.1, -0.05) is 12.1 Å². The summed E-state index contributed by atoms with van der Waals surface area (Å²) < 4.78 is 16.7. The molecule has 1 atom stereocenters. The summed E-state index contributed by atoms with van der Waals surface area (Å²) in [7, 11) is 3.20. The molecule has 27 heavy (non-hydrogen) atoms. The van der Waals surface area contributed by atoms with E-state index in [1.807, 2.05) is 30.3 Å². The van der Waals surface area contributed by atoms with Crippen molar-refractivity contribution in [2.45, 2.75) is 19.3 Å². The maximum absolute atomic E-state index is 11.7. The van der Waals surface area contributed by atoms with Gasteiger partial charge in [-0.3, -0.25) is 4.79 Å². The van der Waals surface area contributed by atoms with Crippen molar-refractivity contribution in [2.75, 3.05) is 33.9 Å². The highest BCUT2D eigenvalue weighted by atomic mass is 16.5. The second-order valence-electron chi connectivity index (χ2n) is 6.78. The van der Waals surface area contributed by atoms with Crippen molar-refractivity contribution in [3.8, 4) is 28.4 Å². The number of hydrogen-bond acceptors (Lipinski definition) is 5. The molecule has 5 heteroatoms. The Balaban J connectivity index is 1.80. The van der Waals surface area contributed by atoms with Crippen molar-refractivity contribution >= 4 is 6.29 Å². The third-order valence-corrected chi connectivity index (χ3v) is 5.05. The Bertz CT molecular complexity index is 752. The van der Waals surface area contributed by atoms with Crippen molar-refractivity contribution in [1.82, 2.24) is 5.32 Å². The number of carbonyl (C=O) groups excluding carboxylic acids is 1. The van der Waals surface area contributed by atoms with E-state index in [9.17, 15) is 4.79 Å². The van der Waals surface area contributed by atoms with Crippen LogP contribution in [0, 0.1) is 5.92 Å². The van der Waals surface area contributed by atoms with E-state index in [1.54, 1.807) is 20.3 Å². The molecule has 1 aliphatic heterocycles. The predicted molar refractivity (Wildman–Crippen MR) is 106 cm³/mol. The lowest BCUT2D eigenvalue weighted by Gasteiger charge is -2.22. The Morgan fingerprint density at radius 2 is 1.93 bits per heavy atom. The molecule has 3 rings (SSSR count).